The fourth-order valence-electron chi connectivity index (χ4n) is 3.69. The summed E-state index contributed by atoms with van der Waals surface area (Å²) in [5.74, 6) is 2.79. The molecule has 1 fully saturated rings. The molecule has 122 valence electrons. The third-order valence-electron chi connectivity index (χ3n) is 4.75. The quantitative estimate of drug-likeness (QED) is 0.862. The van der Waals surface area contributed by atoms with Gasteiger partial charge in [-0.25, -0.2) is 4.98 Å². The van der Waals surface area contributed by atoms with E-state index < -0.39 is 0 Å². The Hall–Kier alpha value is -2.08. The van der Waals surface area contributed by atoms with E-state index in [9.17, 15) is 4.79 Å². The normalized spacial score (nSPS) is 22.3. The average molecular weight is 314 g/mol. The summed E-state index contributed by atoms with van der Waals surface area (Å²) in [6, 6.07) is 3.94. The molecule has 1 unspecified atom stereocenters. The van der Waals surface area contributed by atoms with Gasteiger partial charge in [0.15, 0.2) is 0 Å². The molecule has 1 atom stereocenters. The monoisotopic (exact) mass is 314 g/mol. The number of furan rings is 1. The van der Waals surface area contributed by atoms with Gasteiger partial charge in [-0.05, 0) is 18.6 Å². The molecule has 0 bridgehead atoms. The number of hydrogen-bond donors (Lipinski definition) is 0. The lowest BCUT2D eigenvalue weighted by Crippen LogP contribution is -2.37. The molecule has 2 aromatic heterocycles. The van der Waals surface area contributed by atoms with Crippen LogP contribution in [0, 0.1) is 5.92 Å². The number of amides is 1. The number of imidazole rings is 1. The van der Waals surface area contributed by atoms with Gasteiger partial charge in [-0.2, -0.15) is 0 Å². The van der Waals surface area contributed by atoms with Gasteiger partial charge in [-0.3, -0.25) is 9.69 Å². The zero-order chi connectivity index (χ0) is 15.6. The lowest BCUT2D eigenvalue weighted by atomic mass is 10.1. The highest BCUT2D eigenvalue weighted by molar-refractivity contribution is 5.78. The van der Waals surface area contributed by atoms with Crippen LogP contribution in [0.5, 0.6) is 0 Å². The van der Waals surface area contributed by atoms with Crippen molar-refractivity contribution in [3.63, 3.8) is 0 Å². The molecule has 6 heteroatoms. The van der Waals surface area contributed by atoms with Crippen molar-refractivity contribution in [3.8, 4) is 0 Å². The van der Waals surface area contributed by atoms with Crippen molar-refractivity contribution in [1.29, 1.82) is 0 Å². The molecule has 23 heavy (non-hydrogen) atoms. The molecule has 6 nitrogen and oxygen atoms in total. The first-order valence-electron chi connectivity index (χ1n) is 8.30. The van der Waals surface area contributed by atoms with Gasteiger partial charge in [0.05, 0.1) is 19.4 Å². The minimum Gasteiger partial charge on any atom is -0.468 e. The summed E-state index contributed by atoms with van der Waals surface area (Å²) in [5.41, 5.74) is 0. The Balaban J connectivity index is 1.50. The van der Waals surface area contributed by atoms with Crippen LogP contribution in [0.15, 0.2) is 35.2 Å². The van der Waals surface area contributed by atoms with Crippen LogP contribution >= 0.6 is 0 Å². The molecule has 2 aliphatic rings. The minimum absolute atomic E-state index is 0.303. The molecule has 0 aromatic carbocycles. The standard InChI is InChI=1S/C17H22N4O2/c22-17-4-1-6-21(17)11-14-9-19(12-15-3-2-8-23-15)13-16-18-5-7-20(16)10-14/h2-3,5,7-8,14H,1,4,6,9-13H2. The van der Waals surface area contributed by atoms with Crippen molar-refractivity contribution in [3.05, 3.63) is 42.4 Å². The number of nitrogens with zero attached hydrogens (tertiary/aromatic N) is 4. The number of aromatic nitrogens is 2. The zero-order valence-electron chi connectivity index (χ0n) is 13.2. The fourth-order valence-corrected chi connectivity index (χ4v) is 3.69. The third-order valence-corrected chi connectivity index (χ3v) is 4.75. The second kappa shape index (κ2) is 6.20. The molecule has 4 heterocycles. The minimum atomic E-state index is 0.303. The Labute approximate surface area is 135 Å². The van der Waals surface area contributed by atoms with Crippen molar-refractivity contribution in [2.75, 3.05) is 19.6 Å². The topological polar surface area (TPSA) is 54.5 Å². The van der Waals surface area contributed by atoms with E-state index in [4.69, 9.17) is 4.42 Å². The maximum absolute atomic E-state index is 11.9. The van der Waals surface area contributed by atoms with Crippen molar-refractivity contribution >= 4 is 5.91 Å². The predicted molar refractivity (Wildman–Crippen MR) is 84.4 cm³/mol. The molecule has 0 saturated carbocycles. The molecule has 2 aliphatic heterocycles. The van der Waals surface area contributed by atoms with Gasteiger partial charge in [0.1, 0.15) is 11.6 Å². The van der Waals surface area contributed by atoms with Crippen molar-refractivity contribution in [2.24, 2.45) is 5.92 Å². The Bertz CT molecular complexity index is 664. The van der Waals surface area contributed by atoms with E-state index in [2.05, 4.69) is 14.5 Å². The second-order valence-electron chi connectivity index (χ2n) is 6.55. The summed E-state index contributed by atoms with van der Waals surface area (Å²) < 4.78 is 7.73. The van der Waals surface area contributed by atoms with Crippen LogP contribution in [-0.4, -0.2) is 44.9 Å². The molecular weight excluding hydrogens is 292 g/mol. The molecule has 0 spiro atoms. The Morgan fingerprint density at radius 1 is 1.35 bits per heavy atom. The number of carbonyl (C=O) groups is 1. The van der Waals surface area contributed by atoms with Gasteiger partial charge in [0.25, 0.3) is 0 Å². The number of rotatable bonds is 4. The summed E-state index contributed by atoms with van der Waals surface area (Å²) in [6.07, 6.45) is 7.33. The summed E-state index contributed by atoms with van der Waals surface area (Å²) in [6.45, 7) is 5.22. The number of likely N-dealkylation sites (tertiary alicyclic amines) is 1. The molecule has 0 aliphatic carbocycles. The van der Waals surface area contributed by atoms with Crippen LogP contribution in [-0.2, 0) is 24.4 Å². The predicted octanol–water partition coefficient (Wildman–Crippen LogP) is 1.73. The summed E-state index contributed by atoms with van der Waals surface area (Å²) in [4.78, 5) is 20.8. The molecule has 0 N–H and O–H groups in total. The first-order chi connectivity index (χ1) is 11.3. The summed E-state index contributed by atoms with van der Waals surface area (Å²) in [7, 11) is 0. The Kier molecular flexibility index (Phi) is 3.91. The highest BCUT2D eigenvalue weighted by atomic mass is 16.3. The van der Waals surface area contributed by atoms with Crippen LogP contribution in [0.1, 0.15) is 24.4 Å². The smallest absolute Gasteiger partial charge is 0.222 e. The van der Waals surface area contributed by atoms with E-state index >= 15 is 0 Å². The van der Waals surface area contributed by atoms with Crippen molar-refractivity contribution in [2.45, 2.75) is 32.5 Å². The van der Waals surface area contributed by atoms with Crippen LogP contribution in [0.3, 0.4) is 0 Å². The summed E-state index contributed by atoms with van der Waals surface area (Å²) in [5, 5.41) is 0. The molecule has 1 saturated heterocycles. The summed E-state index contributed by atoms with van der Waals surface area (Å²) >= 11 is 0. The molecule has 2 aromatic rings. The number of carbonyl (C=O) groups excluding carboxylic acids is 1. The SMILES string of the molecule is O=C1CCCN1CC1CN(Cc2ccco2)Cc2nccn2C1. The molecule has 1 amide bonds. The van der Waals surface area contributed by atoms with E-state index in [1.807, 2.05) is 29.4 Å². The van der Waals surface area contributed by atoms with E-state index in [1.165, 1.54) is 0 Å². The van der Waals surface area contributed by atoms with E-state index in [1.54, 1.807) is 6.26 Å². The Morgan fingerprint density at radius 2 is 2.30 bits per heavy atom. The fraction of sp³-hybridized carbons (Fsp3) is 0.529. The third kappa shape index (κ3) is 3.17. The average Bonchev–Trinajstić information content (AvgIpc) is 3.24. The molecule has 0 radical (unpaired) electrons. The van der Waals surface area contributed by atoms with Crippen LogP contribution < -0.4 is 0 Å². The highest BCUT2D eigenvalue weighted by Gasteiger charge is 2.28. The van der Waals surface area contributed by atoms with Crippen molar-refractivity contribution in [1.82, 2.24) is 19.4 Å². The highest BCUT2D eigenvalue weighted by Crippen LogP contribution is 2.20. The van der Waals surface area contributed by atoms with E-state index in [-0.39, 0.29) is 0 Å². The van der Waals surface area contributed by atoms with Gasteiger partial charge >= 0.3 is 0 Å². The van der Waals surface area contributed by atoms with Gasteiger partial charge in [0, 0.05) is 50.9 Å². The van der Waals surface area contributed by atoms with Crippen molar-refractivity contribution < 1.29 is 9.21 Å². The van der Waals surface area contributed by atoms with Gasteiger partial charge < -0.3 is 13.9 Å². The van der Waals surface area contributed by atoms with Gasteiger partial charge in [-0.15, -0.1) is 0 Å². The van der Waals surface area contributed by atoms with Crippen LogP contribution in [0.4, 0.5) is 0 Å². The van der Waals surface area contributed by atoms with E-state index in [0.717, 1.165) is 57.3 Å². The first kappa shape index (κ1) is 14.5. The first-order valence-corrected chi connectivity index (χ1v) is 8.30. The van der Waals surface area contributed by atoms with Crippen LogP contribution in [0.2, 0.25) is 0 Å². The zero-order valence-corrected chi connectivity index (χ0v) is 13.2. The molecule has 4 rings (SSSR count). The Morgan fingerprint density at radius 3 is 3.09 bits per heavy atom. The van der Waals surface area contributed by atoms with Gasteiger partial charge in [0.2, 0.25) is 5.91 Å². The lowest BCUT2D eigenvalue weighted by molar-refractivity contribution is -0.128. The maximum atomic E-state index is 11.9. The largest absolute Gasteiger partial charge is 0.468 e. The number of fused-ring (bicyclic) bond motifs is 1. The van der Waals surface area contributed by atoms with Gasteiger partial charge in [-0.1, -0.05) is 0 Å². The maximum Gasteiger partial charge on any atom is 0.222 e. The lowest BCUT2D eigenvalue weighted by Gasteiger charge is -2.26. The number of hydrogen-bond acceptors (Lipinski definition) is 4. The second-order valence-corrected chi connectivity index (χ2v) is 6.55. The molecular formula is C17H22N4O2. The van der Waals surface area contributed by atoms with Crippen LogP contribution in [0.25, 0.3) is 0 Å². The van der Waals surface area contributed by atoms with E-state index in [0.29, 0.717) is 18.2 Å².